The molecule has 106 valence electrons. The molecule has 0 aliphatic rings. The summed E-state index contributed by atoms with van der Waals surface area (Å²) >= 11 is 12.3. The smallest absolute Gasteiger partial charge is 0.119 e. The summed E-state index contributed by atoms with van der Waals surface area (Å²) in [5.41, 5.74) is 8.07. The average Bonchev–Trinajstić information content (AvgIpc) is 2.49. The summed E-state index contributed by atoms with van der Waals surface area (Å²) in [4.78, 5) is 0. The molecule has 0 aliphatic heterocycles. The fraction of sp³-hybridized carbons (Fsp3) is 0.250. The molecule has 0 saturated heterocycles. The van der Waals surface area contributed by atoms with Crippen molar-refractivity contribution >= 4 is 23.2 Å². The fourth-order valence-electron chi connectivity index (χ4n) is 2.20. The SMILES string of the molecule is COc1cccc(C(CN)Cc2cccc(Cl)c2Cl)c1. The fourth-order valence-corrected chi connectivity index (χ4v) is 2.60. The van der Waals surface area contributed by atoms with Crippen molar-refractivity contribution in [2.75, 3.05) is 13.7 Å². The van der Waals surface area contributed by atoms with Crippen LogP contribution in [0.1, 0.15) is 17.0 Å². The predicted octanol–water partition coefficient (Wildman–Crippen LogP) is 4.29. The minimum Gasteiger partial charge on any atom is -0.497 e. The lowest BCUT2D eigenvalue weighted by atomic mass is 9.92. The van der Waals surface area contributed by atoms with Gasteiger partial charge in [0.2, 0.25) is 0 Å². The molecule has 2 nitrogen and oxygen atoms in total. The molecular formula is C16H17Cl2NO. The lowest BCUT2D eigenvalue weighted by Gasteiger charge is -2.17. The number of rotatable bonds is 5. The van der Waals surface area contributed by atoms with Crippen molar-refractivity contribution < 1.29 is 4.74 Å². The molecular weight excluding hydrogens is 293 g/mol. The van der Waals surface area contributed by atoms with E-state index < -0.39 is 0 Å². The number of methoxy groups -OCH3 is 1. The Morgan fingerprint density at radius 2 is 1.90 bits per heavy atom. The summed E-state index contributed by atoms with van der Waals surface area (Å²) in [6, 6.07) is 13.6. The van der Waals surface area contributed by atoms with Gasteiger partial charge in [-0.05, 0) is 42.3 Å². The van der Waals surface area contributed by atoms with Crippen LogP contribution in [-0.2, 0) is 6.42 Å². The van der Waals surface area contributed by atoms with Crippen LogP contribution in [0.25, 0.3) is 0 Å². The molecule has 0 saturated carbocycles. The monoisotopic (exact) mass is 309 g/mol. The Bertz CT molecular complexity index is 586. The third-order valence-corrected chi connectivity index (χ3v) is 4.21. The molecule has 1 unspecified atom stereocenters. The Kier molecular flexibility index (Phi) is 5.30. The highest BCUT2D eigenvalue weighted by molar-refractivity contribution is 6.42. The minimum absolute atomic E-state index is 0.182. The maximum absolute atomic E-state index is 6.24. The van der Waals surface area contributed by atoms with Crippen molar-refractivity contribution in [3.63, 3.8) is 0 Å². The molecule has 0 aromatic heterocycles. The predicted molar refractivity (Wildman–Crippen MR) is 85.0 cm³/mol. The van der Waals surface area contributed by atoms with Gasteiger partial charge in [-0.3, -0.25) is 0 Å². The topological polar surface area (TPSA) is 35.2 Å². The molecule has 2 rings (SSSR count). The molecule has 2 aromatic rings. The number of halogens is 2. The van der Waals surface area contributed by atoms with Gasteiger partial charge in [0.05, 0.1) is 17.2 Å². The van der Waals surface area contributed by atoms with Crippen LogP contribution in [0.15, 0.2) is 42.5 Å². The van der Waals surface area contributed by atoms with Crippen LogP contribution in [0.4, 0.5) is 0 Å². The number of benzene rings is 2. The van der Waals surface area contributed by atoms with Gasteiger partial charge in [-0.25, -0.2) is 0 Å². The van der Waals surface area contributed by atoms with Gasteiger partial charge in [-0.2, -0.15) is 0 Å². The van der Waals surface area contributed by atoms with Crippen LogP contribution in [0.5, 0.6) is 5.75 Å². The summed E-state index contributed by atoms with van der Waals surface area (Å²) in [6.45, 7) is 0.538. The van der Waals surface area contributed by atoms with Gasteiger partial charge in [0.25, 0.3) is 0 Å². The summed E-state index contributed by atoms with van der Waals surface area (Å²) in [6.07, 6.45) is 0.753. The second kappa shape index (κ2) is 6.98. The first-order valence-electron chi connectivity index (χ1n) is 6.42. The molecule has 0 aliphatic carbocycles. The summed E-state index contributed by atoms with van der Waals surface area (Å²) in [5.74, 6) is 1.01. The van der Waals surface area contributed by atoms with E-state index in [1.165, 1.54) is 0 Å². The first-order valence-corrected chi connectivity index (χ1v) is 7.18. The summed E-state index contributed by atoms with van der Waals surface area (Å²) in [7, 11) is 1.66. The Labute approximate surface area is 129 Å². The number of hydrogen-bond acceptors (Lipinski definition) is 2. The van der Waals surface area contributed by atoms with Gasteiger partial charge in [0, 0.05) is 5.92 Å². The molecule has 20 heavy (non-hydrogen) atoms. The van der Waals surface area contributed by atoms with Gasteiger partial charge in [-0.1, -0.05) is 47.5 Å². The zero-order valence-electron chi connectivity index (χ0n) is 11.3. The maximum Gasteiger partial charge on any atom is 0.119 e. The van der Waals surface area contributed by atoms with Crippen molar-refractivity contribution in [1.29, 1.82) is 0 Å². The van der Waals surface area contributed by atoms with Crippen molar-refractivity contribution in [2.45, 2.75) is 12.3 Å². The van der Waals surface area contributed by atoms with Crippen LogP contribution in [0, 0.1) is 0 Å². The number of nitrogens with two attached hydrogens (primary N) is 1. The summed E-state index contributed by atoms with van der Waals surface area (Å²) in [5, 5.41) is 1.18. The molecule has 0 fully saturated rings. The number of hydrogen-bond donors (Lipinski definition) is 1. The Morgan fingerprint density at radius 3 is 2.60 bits per heavy atom. The normalized spacial score (nSPS) is 12.2. The first-order chi connectivity index (χ1) is 9.65. The summed E-state index contributed by atoms with van der Waals surface area (Å²) < 4.78 is 5.25. The van der Waals surface area contributed by atoms with E-state index in [0.29, 0.717) is 16.6 Å². The second-order valence-corrected chi connectivity index (χ2v) is 5.41. The number of ether oxygens (including phenoxy) is 1. The van der Waals surface area contributed by atoms with Gasteiger partial charge in [0.15, 0.2) is 0 Å². The van der Waals surface area contributed by atoms with Gasteiger partial charge >= 0.3 is 0 Å². The lowest BCUT2D eigenvalue weighted by Crippen LogP contribution is -2.15. The van der Waals surface area contributed by atoms with Gasteiger partial charge in [-0.15, -0.1) is 0 Å². The van der Waals surface area contributed by atoms with E-state index in [0.717, 1.165) is 23.3 Å². The van der Waals surface area contributed by atoms with Crippen molar-refractivity contribution in [3.8, 4) is 5.75 Å². The molecule has 2 N–H and O–H groups in total. The molecule has 0 spiro atoms. The molecule has 0 heterocycles. The van der Waals surface area contributed by atoms with Gasteiger partial charge < -0.3 is 10.5 Å². The Morgan fingerprint density at radius 1 is 1.15 bits per heavy atom. The third kappa shape index (κ3) is 3.45. The van der Waals surface area contributed by atoms with E-state index >= 15 is 0 Å². The average molecular weight is 310 g/mol. The van der Waals surface area contributed by atoms with E-state index in [1.807, 2.05) is 30.3 Å². The van der Waals surface area contributed by atoms with Crippen LogP contribution in [0.2, 0.25) is 10.0 Å². The van der Waals surface area contributed by atoms with Crippen molar-refractivity contribution in [1.82, 2.24) is 0 Å². The van der Waals surface area contributed by atoms with Crippen LogP contribution in [0.3, 0.4) is 0 Å². The van der Waals surface area contributed by atoms with Crippen LogP contribution >= 0.6 is 23.2 Å². The second-order valence-electron chi connectivity index (χ2n) is 4.63. The highest BCUT2D eigenvalue weighted by Crippen LogP contribution is 2.30. The standard InChI is InChI=1S/C16H17Cl2NO/c1-20-14-6-2-4-11(9-14)13(10-19)8-12-5-3-7-15(17)16(12)18/h2-7,9,13H,8,10,19H2,1H3. The molecule has 0 amide bonds. The highest BCUT2D eigenvalue weighted by atomic mass is 35.5. The molecule has 0 radical (unpaired) electrons. The third-order valence-electron chi connectivity index (χ3n) is 3.35. The largest absolute Gasteiger partial charge is 0.497 e. The zero-order valence-corrected chi connectivity index (χ0v) is 12.8. The molecule has 0 bridgehead atoms. The van der Waals surface area contributed by atoms with E-state index in [9.17, 15) is 0 Å². The maximum atomic E-state index is 6.24. The first kappa shape index (κ1) is 15.2. The van der Waals surface area contributed by atoms with Crippen molar-refractivity contribution in [3.05, 3.63) is 63.6 Å². The Balaban J connectivity index is 2.26. The molecule has 1 atom stereocenters. The van der Waals surface area contributed by atoms with Crippen LogP contribution in [-0.4, -0.2) is 13.7 Å². The minimum atomic E-state index is 0.182. The van der Waals surface area contributed by atoms with E-state index in [1.54, 1.807) is 13.2 Å². The van der Waals surface area contributed by atoms with Crippen LogP contribution < -0.4 is 10.5 Å². The zero-order chi connectivity index (χ0) is 14.5. The van der Waals surface area contributed by atoms with Crippen molar-refractivity contribution in [2.24, 2.45) is 5.73 Å². The highest BCUT2D eigenvalue weighted by Gasteiger charge is 2.14. The quantitative estimate of drug-likeness (QED) is 0.894. The van der Waals surface area contributed by atoms with Gasteiger partial charge in [0.1, 0.15) is 5.75 Å². The Hall–Kier alpha value is -1.22. The lowest BCUT2D eigenvalue weighted by molar-refractivity contribution is 0.413. The molecule has 2 aromatic carbocycles. The van der Waals surface area contributed by atoms with E-state index in [2.05, 4.69) is 6.07 Å². The van der Waals surface area contributed by atoms with E-state index in [4.69, 9.17) is 33.7 Å². The van der Waals surface area contributed by atoms with E-state index in [-0.39, 0.29) is 5.92 Å². The molecule has 4 heteroatoms.